The fraction of sp³-hybridized carbons (Fsp3) is 0.292. The maximum Gasteiger partial charge on any atom is 0.229 e. The van der Waals surface area contributed by atoms with Gasteiger partial charge in [0.05, 0.1) is 18.4 Å². The first-order valence-corrected chi connectivity index (χ1v) is 10.0. The largest absolute Gasteiger partial charge is 0.497 e. The molecule has 0 amide bonds. The Morgan fingerprint density at radius 1 is 0.967 bits per heavy atom. The summed E-state index contributed by atoms with van der Waals surface area (Å²) in [6.07, 6.45) is 1.20. The molecule has 6 heteroatoms. The van der Waals surface area contributed by atoms with Gasteiger partial charge in [-0.1, -0.05) is 26.0 Å². The van der Waals surface area contributed by atoms with E-state index in [1.165, 1.54) is 0 Å². The zero-order valence-corrected chi connectivity index (χ0v) is 17.7. The van der Waals surface area contributed by atoms with E-state index >= 15 is 0 Å². The molecular weight excluding hydrogens is 376 g/mol. The number of methoxy groups -OCH3 is 1. The van der Waals surface area contributed by atoms with E-state index < -0.39 is 0 Å². The van der Waals surface area contributed by atoms with E-state index in [1.54, 1.807) is 7.11 Å². The fourth-order valence-electron chi connectivity index (χ4n) is 3.78. The van der Waals surface area contributed by atoms with Gasteiger partial charge < -0.3 is 15.4 Å². The van der Waals surface area contributed by atoms with E-state index in [0.29, 0.717) is 23.8 Å². The predicted molar refractivity (Wildman–Crippen MR) is 119 cm³/mol. The first-order valence-electron chi connectivity index (χ1n) is 10.0. The van der Waals surface area contributed by atoms with Crippen molar-refractivity contribution in [3.63, 3.8) is 0 Å². The van der Waals surface area contributed by atoms with Crippen molar-refractivity contribution >= 4 is 28.9 Å². The molecule has 6 nitrogen and oxygen atoms in total. The third-order valence-electron chi connectivity index (χ3n) is 5.17. The molecule has 1 aromatic heterocycles. The molecule has 30 heavy (non-hydrogen) atoms. The molecule has 0 saturated heterocycles. The molecule has 2 N–H and O–H groups in total. The number of benzene rings is 2. The Hall–Kier alpha value is -3.41. The topological polar surface area (TPSA) is 76.1 Å². The van der Waals surface area contributed by atoms with Gasteiger partial charge in [0, 0.05) is 17.8 Å². The minimum absolute atomic E-state index is 0.0763. The van der Waals surface area contributed by atoms with Gasteiger partial charge in [-0.05, 0) is 60.7 Å². The van der Waals surface area contributed by atoms with Crippen molar-refractivity contribution in [1.29, 1.82) is 0 Å². The van der Waals surface area contributed by atoms with Gasteiger partial charge in [-0.15, -0.1) is 0 Å². The number of nitrogens with one attached hydrogen (secondary N) is 2. The van der Waals surface area contributed by atoms with Gasteiger partial charge in [-0.3, -0.25) is 4.79 Å². The first-order chi connectivity index (χ1) is 14.3. The van der Waals surface area contributed by atoms with Crippen molar-refractivity contribution in [1.82, 2.24) is 9.97 Å². The second-order valence-electron chi connectivity index (χ2n) is 8.51. The molecule has 0 aliphatic heterocycles. The van der Waals surface area contributed by atoms with Crippen LogP contribution in [0.25, 0.3) is 0 Å². The second kappa shape index (κ2) is 7.78. The van der Waals surface area contributed by atoms with Crippen LogP contribution in [0.5, 0.6) is 5.75 Å². The van der Waals surface area contributed by atoms with Crippen molar-refractivity contribution in [3.8, 4) is 5.75 Å². The van der Waals surface area contributed by atoms with Crippen LogP contribution in [0.15, 0.2) is 48.5 Å². The fourth-order valence-corrected chi connectivity index (χ4v) is 3.78. The zero-order valence-electron chi connectivity index (χ0n) is 17.7. The van der Waals surface area contributed by atoms with Crippen LogP contribution >= 0.6 is 0 Å². The van der Waals surface area contributed by atoms with Gasteiger partial charge in [0.1, 0.15) is 11.6 Å². The summed E-state index contributed by atoms with van der Waals surface area (Å²) in [5, 5.41) is 6.60. The molecular formula is C24H26N4O2. The highest BCUT2D eigenvalue weighted by molar-refractivity contribution is 6.03. The monoisotopic (exact) mass is 402 g/mol. The van der Waals surface area contributed by atoms with Crippen LogP contribution in [-0.2, 0) is 6.42 Å². The molecule has 2 aromatic carbocycles. The summed E-state index contributed by atoms with van der Waals surface area (Å²) < 4.78 is 5.22. The summed E-state index contributed by atoms with van der Waals surface area (Å²) >= 11 is 0. The number of hydrogen-bond donors (Lipinski definition) is 2. The minimum atomic E-state index is -0.129. The minimum Gasteiger partial charge on any atom is -0.497 e. The Labute approximate surface area is 176 Å². The molecule has 0 atom stereocenters. The van der Waals surface area contributed by atoms with Crippen molar-refractivity contribution in [2.45, 2.75) is 33.6 Å². The number of rotatable bonds is 5. The summed E-state index contributed by atoms with van der Waals surface area (Å²) in [5.41, 5.74) is 4.11. The lowest BCUT2D eigenvalue weighted by atomic mass is 9.75. The summed E-state index contributed by atoms with van der Waals surface area (Å²) in [7, 11) is 1.64. The molecule has 0 fully saturated rings. The quantitative estimate of drug-likeness (QED) is 0.592. The molecule has 3 aromatic rings. The molecule has 154 valence electrons. The molecule has 4 rings (SSSR count). The van der Waals surface area contributed by atoms with Gasteiger partial charge >= 0.3 is 0 Å². The van der Waals surface area contributed by atoms with Crippen molar-refractivity contribution in [2.24, 2.45) is 5.41 Å². The SMILES string of the molecule is COc1ccc(Nc2nc3c(c(Nc4cccc(C)c4)n2)C(=O)CC(C)(C)C3)cc1. The number of aryl methyl sites for hydroxylation is 1. The number of Topliss-reactive ketones (excluding diaryl/α,β-unsaturated/α-hetero) is 1. The molecule has 0 radical (unpaired) electrons. The molecule has 1 aliphatic carbocycles. The van der Waals surface area contributed by atoms with Gasteiger partial charge in [0.2, 0.25) is 5.95 Å². The first kappa shape index (κ1) is 19.9. The van der Waals surface area contributed by atoms with E-state index in [1.807, 2.05) is 55.5 Å². The van der Waals surface area contributed by atoms with Crippen molar-refractivity contribution < 1.29 is 9.53 Å². The lowest BCUT2D eigenvalue weighted by Gasteiger charge is -2.30. The van der Waals surface area contributed by atoms with E-state index in [9.17, 15) is 4.79 Å². The second-order valence-corrected chi connectivity index (χ2v) is 8.51. The maximum absolute atomic E-state index is 13.0. The molecule has 0 spiro atoms. The lowest BCUT2D eigenvalue weighted by Crippen LogP contribution is -2.29. The molecule has 1 aliphatic rings. The number of fused-ring (bicyclic) bond motifs is 1. The standard InChI is InChI=1S/C24H26N4O2/c1-15-6-5-7-17(12-15)25-22-21-19(13-24(2,3)14-20(21)29)27-23(28-22)26-16-8-10-18(30-4)11-9-16/h5-12H,13-14H2,1-4H3,(H2,25,26,27,28). The van der Waals surface area contributed by atoms with E-state index in [0.717, 1.165) is 34.8 Å². The summed E-state index contributed by atoms with van der Waals surface area (Å²) in [4.78, 5) is 22.3. The highest BCUT2D eigenvalue weighted by atomic mass is 16.5. The van der Waals surface area contributed by atoms with E-state index in [2.05, 4.69) is 29.5 Å². The Balaban J connectivity index is 1.74. The number of ether oxygens (including phenoxy) is 1. The van der Waals surface area contributed by atoms with E-state index in [4.69, 9.17) is 9.72 Å². The van der Waals surface area contributed by atoms with Crippen LogP contribution in [0.3, 0.4) is 0 Å². The maximum atomic E-state index is 13.0. The van der Waals surface area contributed by atoms with Gasteiger partial charge in [0.15, 0.2) is 5.78 Å². The Kier molecular flexibility index (Phi) is 5.16. The van der Waals surface area contributed by atoms with Crippen LogP contribution in [0.2, 0.25) is 0 Å². The summed E-state index contributed by atoms with van der Waals surface area (Å²) in [6, 6.07) is 15.6. The van der Waals surface area contributed by atoms with Crippen molar-refractivity contribution in [2.75, 3.05) is 17.7 Å². The highest BCUT2D eigenvalue weighted by Gasteiger charge is 2.35. The molecule has 0 saturated carbocycles. The summed E-state index contributed by atoms with van der Waals surface area (Å²) in [5.74, 6) is 1.86. The average Bonchev–Trinajstić information content (AvgIpc) is 2.67. The van der Waals surface area contributed by atoms with E-state index in [-0.39, 0.29) is 11.2 Å². The third kappa shape index (κ3) is 4.27. The van der Waals surface area contributed by atoms with Crippen LogP contribution in [-0.4, -0.2) is 22.9 Å². The predicted octanol–water partition coefficient (Wildman–Crippen LogP) is 5.44. The van der Waals surface area contributed by atoms with Crippen molar-refractivity contribution in [3.05, 3.63) is 65.4 Å². The normalized spacial score (nSPS) is 14.7. The third-order valence-corrected chi connectivity index (χ3v) is 5.17. The Bertz CT molecular complexity index is 1090. The van der Waals surface area contributed by atoms with Crippen LogP contribution in [0.1, 0.15) is 41.9 Å². The Morgan fingerprint density at radius 2 is 1.73 bits per heavy atom. The zero-order chi connectivity index (χ0) is 21.3. The van der Waals surface area contributed by atoms with Gasteiger partial charge in [0.25, 0.3) is 0 Å². The highest BCUT2D eigenvalue weighted by Crippen LogP contribution is 2.38. The van der Waals surface area contributed by atoms with Gasteiger partial charge in [-0.2, -0.15) is 4.98 Å². The number of ketones is 1. The molecule has 1 heterocycles. The van der Waals surface area contributed by atoms with Gasteiger partial charge in [-0.25, -0.2) is 4.98 Å². The average molecular weight is 402 g/mol. The van der Waals surface area contributed by atoms with Crippen LogP contribution in [0.4, 0.5) is 23.1 Å². The molecule has 0 bridgehead atoms. The number of carbonyl (C=O) groups is 1. The number of carbonyl (C=O) groups excluding carboxylic acids is 1. The Morgan fingerprint density at radius 3 is 2.43 bits per heavy atom. The summed E-state index contributed by atoms with van der Waals surface area (Å²) in [6.45, 7) is 6.23. The van der Waals surface area contributed by atoms with Crippen LogP contribution in [0, 0.1) is 12.3 Å². The number of aromatic nitrogens is 2. The van der Waals surface area contributed by atoms with Crippen LogP contribution < -0.4 is 15.4 Å². The lowest BCUT2D eigenvalue weighted by molar-refractivity contribution is 0.0911. The number of anilines is 4. The molecule has 0 unspecified atom stereocenters. The number of hydrogen-bond acceptors (Lipinski definition) is 6. The number of nitrogens with zero attached hydrogens (tertiary/aromatic N) is 2. The smallest absolute Gasteiger partial charge is 0.229 e.